The molecule has 1 aliphatic rings. The van der Waals surface area contributed by atoms with Crippen LogP contribution in [0.2, 0.25) is 0 Å². The normalized spacial score (nSPS) is 15.9. The van der Waals surface area contributed by atoms with E-state index in [1.165, 1.54) is 0 Å². The Kier molecular flexibility index (Phi) is 6.08. The summed E-state index contributed by atoms with van der Waals surface area (Å²) in [4.78, 5) is 26.5. The number of nitrogens with zero attached hydrogens (tertiary/aromatic N) is 1. The molecule has 3 rings (SSSR count). The number of ether oxygens (including phenoxy) is 1. The number of nitrogens with one attached hydrogen (secondary N) is 2. The van der Waals surface area contributed by atoms with Crippen LogP contribution >= 0.6 is 0 Å². The highest BCUT2D eigenvalue weighted by atomic mass is 16.5. The molecule has 6 nitrogen and oxygen atoms in total. The van der Waals surface area contributed by atoms with E-state index in [4.69, 9.17) is 4.74 Å². The fourth-order valence-electron chi connectivity index (χ4n) is 3.05. The summed E-state index contributed by atoms with van der Waals surface area (Å²) in [5, 5.41) is 6.18. The molecule has 142 valence electrons. The van der Waals surface area contributed by atoms with Crippen LogP contribution in [-0.4, -0.2) is 31.0 Å². The SMILES string of the molecule is CCNCc1cccc(NC(=O)CCN2C(=O)C(C)Oc3ccccc32)c1. The van der Waals surface area contributed by atoms with Crippen molar-refractivity contribution in [3.63, 3.8) is 0 Å². The van der Waals surface area contributed by atoms with Gasteiger partial charge in [0.15, 0.2) is 6.10 Å². The Labute approximate surface area is 159 Å². The van der Waals surface area contributed by atoms with Gasteiger partial charge in [0.1, 0.15) is 5.75 Å². The first-order chi connectivity index (χ1) is 13.1. The first-order valence-corrected chi connectivity index (χ1v) is 9.25. The maximum atomic E-state index is 12.5. The van der Waals surface area contributed by atoms with Crippen molar-refractivity contribution in [3.8, 4) is 5.75 Å². The lowest BCUT2D eigenvalue weighted by Gasteiger charge is -2.32. The summed E-state index contributed by atoms with van der Waals surface area (Å²) < 4.78 is 5.62. The van der Waals surface area contributed by atoms with Gasteiger partial charge in [0.05, 0.1) is 5.69 Å². The van der Waals surface area contributed by atoms with Gasteiger partial charge in [-0.25, -0.2) is 0 Å². The van der Waals surface area contributed by atoms with Gasteiger partial charge >= 0.3 is 0 Å². The first-order valence-electron chi connectivity index (χ1n) is 9.25. The zero-order valence-electron chi connectivity index (χ0n) is 15.7. The van der Waals surface area contributed by atoms with Crippen LogP contribution in [0.3, 0.4) is 0 Å². The molecule has 0 aromatic heterocycles. The molecule has 0 saturated carbocycles. The van der Waals surface area contributed by atoms with Crippen LogP contribution in [-0.2, 0) is 16.1 Å². The van der Waals surface area contributed by atoms with Gasteiger partial charge in [-0.1, -0.05) is 31.2 Å². The monoisotopic (exact) mass is 367 g/mol. The molecule has 0 saturated heterocycles. The molecular formula is C21H25N3O3. The van der Waals surface area contributed by atoms with Gasteiger partial charge < -0.3 is 20.3 Å². The number of amides is 2. The lowest BCUT2D eigenvalue weighted by molar-refractivity contribution is -0.125. The second kappa shape index (κ2) is 8.68. The van der Waals surface area contributed by atoms with Gasteiger partial charge in [-0.3, -0.25) is 9.59 Å². The number of rotatable bonds is 7. The predicted octanol–water partition coefficient (Wildman–Crippen LogP) is 2.94. The summed E-state index contributed by atoms with van der Waals surface area (Å²) in [6.07, 6.45) is -0.338. The first kappa shape index (κ1) is 18.9. The van der Waals surface area contributed by atoms with Gasteiger partial charge in [0.25, 0.3) is 5.91 Å². The van der Waals surface area contributed by atoms with Gasteiger partial charge in [0, 0.05) is 25.2 Å². The smallest absolute Gasteiger partial charge is 0.267 e. The number of benzene rings is 2. The molecule has 0 aliphatic carbocycles. The Morgan fingerprint density at radius 2 is 2.00 bits per heavy atom. The standard InChI is InChI=1S/C21H25N3O3/c1-3-22-14-16-7-6-8-17(13-16)23-20(25)11-12-24-18-9-4-5-10-19(18)27-15(2)21(24)26/h4-10,13,15,22H,3,11-12,14H2,1-2H3,(H,23,25). The van der Waals surface area contributed by atoms with E-state index in [2.05, 4.69) is 17.6 Å². The molecule has 2 N–H and O–H groups in total. The van der Waals surface area contributed by atoms with E-state index >= 15 is 0 Å². The largest absolute Gasteiger partial charge is 0.479 e. The molecule has 1 atom stereocenters. The number of fused-ring (bicyclic) bond motifs is 1. The summed E-state index contributed by atoms with van der Waals surface area (Å²) >= 11 is 0. The third kappa shape index (κ3) is 4.65. The number of anilines is 2. The van der Waals surface area contributed by atoms with Crippen LogP contribution in [0.15, 0.2) is 48.5 Å². The van der Waals surface area contributed by atoms with E-state index in [0.717, 1.165) is 24.3 Å². The molecule has 2 aromatic rings. The summed E-state index contributed by atoms with van der Waals surface area (Å²) in [6, 6.07) is 15.2. The van der Waals surface area contributed by atoms with Crippen LogP contribution in [0.25, 0.3) is 0 Å². The zero-order valence-corrected chi connectivity index (χ0v) is 15.7. The fraction of sp³-hybridized carbons (Fsp3) is 0.333. The summed E-state index contributed by atoms with van der Waals surface area (Å²) in [5.74, 6) is 0.412. The summed E-state index contributed by atoms with van der Waals surface area (Å²) in [7, 11) is 0. The zero-order chi connectivity index (χ0) is 19.2. The Bertz CT molecular complexity index is 822. The van der Waals surface area contributed by atoms with Crippen LogP contribution in [0.1, 0.15) is 25.8 Å². The van der Waals surface area contributed by atoms with E-state index in [0.29, 0.717) is 18.0 Å². The lowest BCUT2D eigenvalue weighted by Crippen LogP contribution is -2.45. The second-order valence-electron chi connectivity index (χ2n) is 6.50. The van der Waals surface area contributed by atoms with Crippen molar-refractivity contribution in [3.05, 3.63) is 54.1 Å². The van der Waals surface area contributed by atoms with Gasteiger partial charge in [-0.2, -0.15) is 0 Å². The molecular weight excluding hydrogens is 342 g/mol. The van der Waals surface area contributed by atoms with Crippen molar-refractivity contribution < 1.29 is 14.3 Å². The molecule has 1 heterocycles. The molecule has 2 aromatic carbocycles. The van der Waals surface area contributed by atoms with E-state index in [9.17, 15) is 9.59 Å². The van der Waals surface area contributed by atoms with E-state index in [-0.39, 0.29) is 18.2 Å². The fourth-order valence-corrected chi connectivity index (χ4v) is 3.05. The highest BCUT2D eigenvalue weighted by Gasteiger charge is 2.31. The lowest BCUT2D eigenvalue weighted by atomic mass is 10.1. The third-order valence-corrected chi connectivity index (χ3v) is 4.43. The van der Waals surface area contributed by atoms with Crippen molar-refractivity contribution in [1.82, 2.24) is 5.32 Å². The second-order valence-corrected chi connectivity index (χ2v) is 6.50. The predicted molar refractivity (Wildman–Crippen MR) is 106 cm³/mol. The quantitative estimate of drug-likeness (QED) is 0.789. The van der Waals surface area contributed by atoms with Crippen LogP contribution in [0.4, 0.5) is 11.4 Å². The number of carbonyl (C=O) groups excluding carboxylic acids is 2. The van der Waals surface area contributed by atoms with Crippen molar-refractivity contribution in [2.24, 2.45) is 0 Å². The minimum absolute atomic E-state index is 0.125. The molecule has 27 heavy (non-hydrogen) atoms. The highest BCUT2D eigenvalue weighted by molar-refractivity contribution is 6.00. The van der Waals surface area contributed by atoms with Gasteiger partial charge in [-0.15, -0.1) is 0 Å². The minimum atomic E-state index is -0.550. The number of hydrogen-bond acceptors (Lipinski definition) is 4. The number of para-hydroxylation sites is 2. The van der Waals surface area contributed by atoms with Crippen LogP contribution in [0, 0.1) is 0 Å². The average Bonchev–Trinajstić information content (AvgIpc) is 2.67. The topological polar surface area (TPSA) is 70.7 Å². The maximum absolute atomic E-state index is 12.5. The van der Waals surface area contributed by atoms with Crippen molar-refractivity contribution in [2.45, 2.75) is 32.9 Å². The molecule has 0 bridgehead atoms. The maximum Gasteiger partial charge on any atom is 0.267 e. The summed E-state index contributed by atoms with van der Waals surface area (Å²) in [6.45, 7) is 5.74. The van der Waals surface area contributed by atoms with E-state index in [1.807, 2.05) is 48.5 Å². The Hall–Kier alpha value is -2.86. The van der Waals surface area contributed by atoms with E-state index < -0.39 is 6.10 Å². The third-order valence-electron chi connectivity index (χ3n) is 4.43. The summed E-state index contributed by atoms with van der Waals surface area (Å²) in [5.41, 5.74) is 2.58. The van der Waals surface area contributed by atoms with Crippen molar-refractivity contribution in [2.75, 3.05) is 23.3 Å². The Morgan fingerprint density at radius 1 is 1.19 bits per heavy atom. The number of hydrogen-bond donors (Lipinski definition) is 2. The molecule has 0 fully saturated rings. The molecule has 0 radical (unpaired) electrons. The van der Waals surface area contributed by atoms with Crippen LogP contribution in [0.5, 0.6) is 5.75 Å². The Balaban J connectivity index is 1.61. The molecule has 0 spiro atoms. The van der Waals surface area contributed by atoms with Crippen molar-refractivity contribution >= 4 is 23.2 Å². The Morgan fingerprint density at radius 3 is 2.81 bits per heavy atom. The molecule has 1 aliphatic heterocycles. The average molecular weight is 367 g/mol. The number of carbonyl (C=O) groups is 2. The van der Waals surface area contributed by atoms with Crippen molar-refractivity contribution in [1.29, 1.82) is 0 Å². The molecule has 2 amide bonds. The molecule has 6 heteroatoms. The van der Waals surface area contributed by atoms with Gasteiger partial charge in [0.2, 0.25) is 5.91 Å². The highest BCUT2D eigenvalue weighted by Crippen LogP contribution is 2.33. The van der Waals surface area contributed by atoms with E-state index in [1.54, 1.807) is 11.8 Å². The van der Waals surface area contributed by atoms with Crippen LogP contribution < -0.4 is 20.3 Å². The minimum Gasteiger partial charge on any atom is -0.479 e. The van der Waals surface area contributed by atoms with Gasteiger partial charge in [-0.05, 0) is 43.3 Å². The molecule has 1 unspecified atom stereocenters.